The Morgan fingerprint density at radius 2 is 1.73 bits per heavy atom. The molecule has 14 heteroatoms. The summed E-state index contributed by atoms with van der Waals surface area (Å²) in [6, 6.07) is 5.27. The van der Waals surface area contributed by atoms with Crippen LogP contribution in [0.1, 0.15) is 33.1 Å². The van der Waals surface area contributed by atoms with Crippen molar-refractivity contribution >= 4 is 46.0 Å². The van der Waals surface area contributed by atoms with Crippen molar-refractivity contribution in [2.75, 3.05) is 50.5 Å². The van der Waals surface area contributed by atoms with Crippen LogP contribution in [0.15, 0.2) is 34.0 Å². The van der Waals surface area contributed by atoms with E-state index in [2.05, 4.69) is 32.5 Å². The van der Waals surface area contributed by atoms with Crippen molar-refractivity contribution in [1.82, 2.24) is 29.3 Å². The van der Waals surface area contributed by atoms with E-state index in [0.717, 1.165) is 25.9 Å². The summed E-state index contributed by atoms with van der Waals surface area (Å²) in [6.45, 7) is 5.53. The number of fused-ring (bicyclic) bond motifs is 1. The van der Waals surface area contributed by atoms with E-state index >= 15 is 0 Å². The van der Waals surface area contributed by atoms with Crippen molar-refractivity contribution < 1.29 is 13.6 Å². The van der Waals surface area contributed by atoms with Crippen molar-refractivity contribution in [1.29, 1.82) is 0 Å². The molecule has 11 nitrogen and oxygen atoms in total. The van der Waals surface area contributed by atoms with Crippen molar-refractivity contribution in [3.05, 3.63) is 50.1 Å². The number of nitrogens with one attached hydrogen (secondary N) is 2. The average molecular weight is 633 g/mol. The van der Waals surface area contributed by atoms with Crippen LogP contribution in [-0.2, 0) is 17.9 Å². The van der Waals surface area contributed by atoms with Gasteiger partial charge in [0, 0.05) is 57.2 Å². The molecule has 2 aliphatic rings. The summed E-state index contributed by atoms with van der Waals surface area (Å²) in [6.07, 6.45) is 3.29. The number of hydrogen-bond donors (Lipinski definition) is 2. The molecule has 0 bridgehead atoms. The first-order valence-electron chi connectivity index (χ1n) is 15.0. The van der Waals surface area contributed by atoms with E-state index in [1.807, 2.05) is 0 Å². The van der Waals surface area contributed by atoms with Gasteiger partial charge in [0.05, 0.1) is 17.2 Å². The number of aryl methyl sites for hydroxylation is 1. The van der Waals surface area contributed by atoms with Gasteiger partial charge in [0.2, 0.25) is 11.9 Å². The molecule has 2 aromatic heterocycles. The van der Waals surface area contributed by atoms with Crippen LogP contribution in [0.25, 0.3) is 11.0 Å². The molecule has 0 spiro atoms. The minimum Gasteiger partial charge on any atom is -0.359 e. The maximum absolute atomic E-state index is 14.4. The quantitative estimate of drug-likeness (QED) is 0.362. The molecule has 2 fully saturated rings. The first-order chi connectivity index (χ1) is 20.9. The largest absolute Gasteiger partial charge is 0.359 e. The molecule has 4 heterocycles. The number of aromatic nitrogens is 4. The van der Waals surface area contributed by atoms with Gasteiger partial charge in [-0.1, -0.05) is 25.4 Å². The molecule has 5 rings (SSSR count). The molecule has 0 aliphatic carbocycles. The SMILES string of the molecule is CNC(=O)CCn1c(=O)c(=O)n(CC2CCN(C)CC2)c2ccc(Nc3nc(N4C[C@@H](C)C(F)(F)[C@@H](C)C4)ncc3Cl)cc21. The topological polar surface area (TPSA) is 117 Å². The Labute approximate surface area is 259 Å². The summed E-state index contributed by atoms with van der Waals surface area (Å²) in [5, 5.41) is 5.95. The number of alkyl halides is 2. The number of benzene rings is 1. The minimum absolute atomic E-state index is 0.0222. The third kappa shape index (κ3) is 6.44. The Balaban J connectivity index is 1.50. The van der Waals surface area contributed by atoms with E-state index in [1.165, 1.54) is 31.7 Å². The van der Waals surface area contributed by atoms with Crippen LogP contribution in [0.2, 0.25) is 5.02 Å². The van der Waals surface area contributed by atoms with Gasteiger partial charge in [-0.15, -0.1) is 0 Å². The highest BCUT2D eigenvalue weighted by Crippen LogP contribution is 2.39. The predicted octanol–water partition coefficient (Wildman–Crippen LogP) is 3.56. The summed E-state index contributed by atoms with van der Waals surface area (Å²) in [5.74, 6) is -3.98. The fourth-order valence-corrected chi connectivity index (χ4v) is 6.24. The number of hydrogen-bond acceptors (Lipinski definition) is 8. The number of likely N-dealkylation sites (tertiary alicyclic amines) is 1. The number of carbonyl (C=O) groups excluding carboxylic acids is 1. The average Bonchev–Trinajstić information content (AvgIpc) is 3.00. The molecule has 238 valence electrons. The summed E-state index contributed by atoms with van der Waals surface area (Å²) in [7, 11) is 3.58. The summed E-state index contributed by atoms with van der Waals surface area (Å²) >= 11 is 6.45. The van der Waals surface area contributed by atoms with Crippen LogP contribution in [0, 0.1) is 17.8 Å². The van der Waals surface area contributed by atoms with Gasteiger partial charge in [-0.2, -0.15) is 4.98 Å². The molecule has 1 aromatic carbocycles. The second kappa shape index (κ2) is 12.8. The second-order valence-electron chi connectivity index (χ2n) is 12.1. The van der Waals surface area contributed by atoms with Crippen molar-refractivity contribution in [3.8, 4) is 0 Å². The first kappa shape index (κ1) is 31.8. The molecule has 0 radical (unpaired) electrons. The molecule has 2 saturated heterocycles. The van der Waals surface area contributed by atoms with E-state index in [4.69, 9.17) is 11.6 Å². The number of carbonyl (C=O) groups is 1. The third-order valence-electron chi connectivity index (χ3n) is 8.93. The minimum atomic E-state index is -2.78. The van der Waals surface area contributed by atoms with Crippen LogP contribution in [-0.4, -0.2) is 76.1 Å². The fourth-order valence-electron chi connectivity index (χ4n) is 6.10. The third-order valence-corrected chi connectivity index (χ3v) is 9.21. The molecular formula is C30H39ClF2N8O3. The second-order valence-corrected chi connectivity index (χ2v) is 12.5. The maximum Gasteiger partial charge on any atom is 0.316 e. The van der Waals surface area contributed by atoms with Crippen LogP contribution in [0.5, 0.6) is 0 Å². The number of amides is 1. The van der Waals surface area contributed by atoms with E-state index < -0.39 is 28.9 Å². The number of piperidine rings is 2. The van der Waals surface area contributed by atoms with Gasteiger partial charge in [-0.25, -0.2) is 13.8 Å². The van der Waals surface area contributed by atoms with E-state index in [9.17, 15) is 23.2 Å². The van der Waals surface area contributed by atoms with Crippen LogP contribution in [0.4, 0.5) is 26.2 Å². The predicted molar refractivity (Wildman–Crippen MR) is 167 cm³/mol. The van der Waals surface area contributed by atoms with E-state index in [1.54, 1.807) is 27.7 Å². The van der Waals surface area contributed by atoms with Gasteiger partial charge < -0.3 is 29.6 Å². The lowest BCUT2D eigenvalue weighted by molar-refractivity contribution is -0.120. The van der Waals surface area contributed by atoms with Gasteiger partial charge in [-0.3, -0.25) is 14.4 Å². The lowest BCUT2D eigenvalue weighted by Crippen LogP contribution is -2.52. The highest BCUT2D eigenvalue weighted by Gasteiger charge is 2.47. The highest BCUT2D eigenvalue weighted by molar-refractivity contribution is 6.32. The first-order valence-corrected chi connectivity index (χ1v) is 15.4. The molecule has 0 unspecified atom stereocenters. The van der Waals surface area contributed by atoms with E-state index in [0.29, 0.717) is 23.3 Å². The smallest absolute Gasteiger partial charge is 0.316 e. The van der Waals surface area contributed by atoms with Crippen LogP contribution >= 0.6 is 11.6 Å². The molecular weight excluding hydrogens is 594 g/mol. The highest BCUT2D eigenvalue weighted by atomic mass is 35.5. The zero-order valence-corrected chi connectivity index (χ0v) is 26.2. The Morgan fingerprint density at radius 3 is 2.39 bits per heavy atom. The Hall–Kier alpha value is -3.58. The zero-order valence-electron chi connectivity index (χ0n) is 25.4. The molecule has 3 aromatic rings. The lowest BCUT2D eigenvalue weighted by atomic mass is 9.87. The Bertz CT molecular complexity index is 1640. The zero-order chi connectivity index (χ0) is 31.8. The maximum atomic E-state index is 14.4. The van der Waals surface area contributed by atoms with Crippen LogP contribution in [0.3, 0.4) is 0 Å². The summed E-state index contributed by atoms with van der Waals surface area (Å²) < 4.78 is 31.8. The van der Waals surface area contributed by atoms with Gasteiger partial charge in [-0.05, 0) is 57.1 Å². The molecule has 2 N–H and O–H groups in total. The Morgan fingerprint density at radius 1 is 1.07 bits per heavy atom. The number of nitrogens with zero attached hydrogens (tertiary/aromatic N) is 6. The molecule has 44 heavy (non-hydrogen) atoms. The number of anilines is 3. The van der Waals surface area contributed by atoms with Gasteiger partial charge >= 0.3 is 11.1 Å². The fraction of sp³-hybridized carbons (Fsp3) is 0.567. The molecule has 2 aliphatic heterocycles. The van der Waals surface area contributed by atoms with Crippen molar-refractivity contribution in [2.45, 2.75) is 52.1 Å². The Kier molecular flexibility index (Phi) is 9.26. The molecule has 0 saturated carbocycles. The summed E-state index contributed by atoms with van der Waals surface area (Å²) in [4.78, 5) is 51.7. The van der Waals surface area contributed by atoms with Gasteiger partial charge in [0.1, 0.15) is 5.02 Å². The van der Waals surface area contributed by atoms with Crippen LogP contribution < -0.4 is 26.7 Å². The van der Waals surface area contributed by atoms with Crippen molar-refractivity contribution in [3.63, 3.8) is 0 Å². The summed E-state index contributed by atoms with van der Waals surface area (Å²) in [5.41, 5.74) is 0.297. The van der Waals surface area contributed by atoms with Gasteiger partial charge in [0.15, 0.2) is 5.82 Å². The van der Waals surface area contributed by atoms with E-state index in [-0.39, 0.29) is 54.7 Å². The van der Waals surface area contributed by atoms with Crippen molar-refractivity contribution in [2.24, 2.45) is 17.8 Å². The standard InChI is InChI=1S/C30H39ClF2N8O3/c1-18-15-39(16-19(2)30(18,32)33)29-35-14-22(31)26(37-29)36-21-5-6-23-24(13-21)40(12-9-25(42)34-3)27(43)28(44)41(23)17-20-7-10-38(4)11-8-20/h5-6,13-14,18-20H,7-12,15-17H2,1-4H3,(H,34,42)(H,35,36,37)/t18-,19+. The normalized spacial score (nSPS) is 21.0. The molecule has 2 atom stereocenters. The monoisotopic (exact) mass is 632 g/mol. The molecule has 1 amide bonds. The lowest BCUT2D eigenvalue weighted by Gasteiger charge is -2.41. The number of rotatable bonds is 8. The van der Waals surface area contributed by atoms with Gasteiger partial charge in [0.25, 0.3) is 5.92 Å². The number of halogens is 3.